The van der Waals surface area contributed by atoms with Crippen LogP contribution < -0.4 is 20.1 Å². The second-order valence-corrected chi connectivity index (χ2v) is 8.08. The number of hydrogen-bond acceptors (Lipinski definition) is 6. The van der Waals surface area contributed by atoms with E-state index in [0.29, 0.717) is 28.8 Å². The van der Waals surface area contributed by atoms with Crippen LogP contribution in [0.5, 0.6) is 11.5 Å². The minimum atomic E-state index is -0.717. The number of ether oxygens (including phenoxy) is 2. The summed E-state index contributed by atoms with van der Waals surface area (Å²) < 4.78 is 10.9. The van der Waals surface area contributed by atoms with Crippen LogP contribution >= 0.6 is 11.6 Å². The molecule has 2 aliphatic rings. The van der Waals surface area contributed by atoms with Crippen LogP contribution in [0.2, 0.25) is 5.02 Å². The molecule has 2 aromatic carbocycles. The zero-order chi connectivity index (χ0) is 21.8. The minimum absolute atomic E-state index is 0.0875. The zero-order valence-electron chi connectivity index (χ0n) is 17.3. The van der Waals surface area contributed by atoms with Crippen LogP contribution in [-0.4, -0.2) is 68.2 Å². The number of hydrogen-bond donors (Lipinski definition) is 2. The number of nitrogens with zero attached hydrogens (tertiary/aromatic N) is 2. The lowest BCUT2D eigenvalue weighted by molar-refractivity contribution is -0.136. The molecule has 1 atom stereocenters. The van der Waals surface area contributed by atoms with Crippen LogP contribution in [0.15, 0.2) is 42.5 Å². The molecule has 9 heteroatoms. The Morgan fingerprint density at radius 3 is 2.45 bits per heavy atom. The van der Waals surface area contributed by atoms with Crippen molar-refractivity contribution in [2.45, 2.75) is 6.04 Å². The number of benzene rings is 2. The third-order valence-electron chi connectivity index (χ3n) is 5.52. The van der Waals surface area contributed by atoms with E-state index >= 15 is 0 Å². The highest BCUT2D eigenvalue weighted by Gasteiger charge is 2.27. The maximum atomic E-state index is 12.5. The predicted molar refractivity (Wildman–Crippen MR) is 117 cm³/mol. The highest BCUT2D eigenvalue weighted by molar-refractivity contribution is 6.39. The number of nitrogens with one attached hydrogen (secondary N) is 2. The average Bonchev–Trinajstić information content (AvgIpc) is 3.24. The van der Waals surface area contributed by atoms with Crippen LogP contribution in [0, 0.1) is 0 Å². The van der Waals surface area contributed by atoms with Crippen molar-refractivity contribution in [3.63, 3.8) is 0 Å². The molecule has 31 heavy (non-hydrogen) atoms. The Labute approximate surface area is 186 Å². The summed E-state index contributed by atoms with van der Waals surface area (Å²) in [4.78, 5) is 29.3. The van der Waals surface area contributed by atoms with Gasteiger partial charge in [0.05, 0.1) is 6.04 Å². The summed E-state index contributed by atoms with van der Waals surface area (Å²) in [6, 6.07) is 12.3. The van der Waals surface area contributed by atoms with E-state index in [9.17, 15) is 9.59 Å². The maximum Gasteiger partial charge on any atom is 0.313 e. The molecule has 0 radical (unpaired) electrons. The Balaban J connectivity index is 1.43. The number of carbonyl (C=O) groups is 2. The van der Waals surface area contributed by atoms with Gasteiger partial charge in [-0.3, -0.25) is 14.5 Å². The van der Waals surface area contributed by atoms with Gasteiger partial charge in [0.1, 0.15) is 0 Å². The van der Waals surface area contributed by atoms with E-state index in [-0.39, 0.29) is 12.8 Å². The number of halogens is 1. The Hall–Kier alpha value is -2.81. The summed E-state index contributed by atoms with van der Waals surface area (Å²) in [5, 5.41) is 5.93. The summed E-state index contributed by atoms with van der Waals surface area (Å²) in [5.74, 6) is 0.00986. The topological polar surface area (TPSA) is 83.1 Å². The van der Waals surface area contributed by atoms with Gasteiger partial charge >= 0.3 is 11.8 Å². The van der Waals surface area contributed by atoms with E-state index < -0.39 is 11.8 Å². The fraction of sp³-hybridized carbons (Fsp3) is 0.364. The zero-order valence-corrected chi connectivity index (χ0v) is 18.0. The largest absolute Gasteiger partial charge is 0.454 e. The molecule has 2 amide bonds. The third kappa shape index (κ3) is 5.28. The van der Waals surface area contributed by atoms with Gasteiger partial charge in [-0.2, -0.15) is 0 Å². The Morgan fingerprint density at radius 1 is 1.00 bits per heavy atom. The van der Waals surface area contributed by atoms with Crippen molar-refractivity contribution in [2.24, 2.45) is 0 Å². The smallest absolute Gasteiger partial charge is 0.313 e. The van der Waals surface area contributed by atoms with Gasteiger partial charge in [-0.1, -0.05) is 17.7 Å². The highest BCUT2D eigenvalue weighted by atomic mass is 35.5. The van der Waals surface area contributed by atoms with E-state index in [1.165, 1.54) is 0 Å². The molecule has 2 aliphatic heterocycles. The highest BCUT2D eigenvalue weighted by Crippen LogP contribution is 2.35. The quantitative estimate of drug-likeness (QED) is 0.687. The number of likely N-dealkylation sites (N-methyl/N-ethyl adjacent to an activating group) is 1. The van der Waals surface area contributed by atoms with Crippen LogP contribution in [0.4, 0.5) is 5.69 Å². The van der Waals surface area contributed by atoms with Crippen LogP contribution in [0.25, 0.3) is 0 Å². The molecule has 1 fully saturated rings. The van der Waals surface area contributed by atoms with Crippen molar-refractivity contribution in [3.05, 3.63) is 53.1 Å². The molecular formula is C22H25ClN4O4. The van der Waals surface area contributed by atoms with E-state index in [1.54, 1.807) is 24.3 Å². The van der Waals surface area contributed by atoms with Crippen LogP contribution in [-0.2, 0) is 9.59 Å². The Bertz CT molecular complexity index is 945. The second-order valence-electron chi connectivity index (χ2n) is 7.64. The molecule has 0 aliphatic carbocycles. The van der Waals surface area contributed by atoms with Gasteiger partial charge in [-0.05, 0) is 49.0 Å². The van der Waals surface area contributed by atoms with Crippen molar-refractivity contribution in [1.82, 2.24) is 15.1 Å². The molecule has 4 rings (SSSR count). The van der Waals surface area contributed by atoms with E-state index in [0.717, 1.165) is 31.7 Å². The number of fused-ring (bicyclic) bond motifs is 1. The fourth-order valence-corrected chi connectivity index (χ4v) is 3.83. The molecule has 1 saturated heterocycles. The van der Waals surface area contributed by atoms with Gasteiger partial charge in [-0.25, -0.2) is 0 Å². The molecule has 2 aromatic rings. The normalized spacial score (nSPS) is 17.2. The SMILES string of the molecule is CN1CCN([C@H](CNC(=O)C(=O)Nc2ccc(Cl)cc2)c2ccc3c(c2)OCO3)CC1. The number of carbonyl (C=O) groups excluding carboxylic acids is 2. The molecule has 2 heterocycles. The summed E-state index contributed by atoms with van der Waals surface area (Å²) in [5.41, 5.74) is 1.52. The predicted octanol–water partition coefficient (Wildman–Crippen LogP) is 2.11. The Morgan fingerprint density at radius 2 is 1.71 bits per heavy atom. The molecule has 0 spiro atoms. The first kappa shape index (κ1) is 21.4. The lowest BCUT2D eigenvalue weighted by Crippen LogP contribution is -2.49. The first-order valence-electron chi connectivity index (χ1n) is 10.2. The standard InChI is InChI=1S/C22H25ClN4O4/c1-26-8-10-27(11-9-26)18(15-2-7-19-20(12-15)31-14-30-19)13-24-21(28)22(29)25-17-5-3-16(23)4-6-17/h2-7,12,18H,8-11,13-14H2,1H3,(H,24,28)(H,25,29)/t18-/m1/s1. The number of anilines is 1. The molecular weight excluding hydrogens is 420 g/mol. The number of piperazine rings is 1. The third-order valence-corrected chi connectivity index (χ3v) is 5.78. The van der Waals surface area contributed by atoms with Gasteiger partial charge < -0.3 is 25.0 Å². The van der Waals surface area contributed by atoms with Crippen molar-refractivity contribution in [2.75, 3.05) is 51.9 Å². The molecule has 0 unspecified atom stereocenters. The van der Waals surface area contributed by atoms with Crippen molar-refractivity contribution in [3.8, 4) is 11.5 Å². The fourth-order valence-electron chi connectivity index (χ4n) is 3.70. The lowest BCUT2D eigenvalue weighted by Gasteiger charge is -2.38. The first-order valence-corrected chi connectivity index (χ1v) is 10.5. The molecule has 164 valence electrons. The van der Waals surface area contributed by atoms with Crippen LogP contribution in [0.1, 0.15) is 11.6 Å². The summed E-state index contributed by atoms with van der Waals surface area (Å²) >= 11 is 5.86. The molecule has 0 bridgehead atoms. The first-order chi connectivity index (χ1) is 15.0. The number of rotatable bonds is 5. The number of amides is 2. The van der Waals surface area contributed by atoms with Gasteiger partial charge in [0.2, 0.25) is 6.79 Å². The van der Waals surface area contributed by atoms with E-state index in [1.807, 2.05) is 18.2 Å². The molecule has 0 aromatic heterocycles. The second kappa shape index (κ2) is 9.55. The summed E-state index contributed by atoms with van der Waals surface area (Å²) in [6.07, 6.45) is 0. The summed E-state index contributed by atoms with van der Waals surface area (Å²) in [7, 11) is 2.09. The van der Waals surface area contributed by atoms with Gasteiger partial charge in [0, 0.05) is 43.4 Å². The van der Waals surface area contributed by atoms with Crippen molar-refractivity contribution < 1.29 is 19.1 Å². The van der Waals surface area contributed by atoms with Gasteiger partial charge in [-0.15, -0.1) is 0 Å². The van der Waals surface area contributed by atoms with Crippen LogP contribution in [0.3, 0.4) is 0 Å². The minimum Gasteiger partial charge on any atom is -0.454 e. The maximum absolute atomic E-state index is 12.5. The van der Waals surface area contributed by atoms with Crippen molar-refractivity contribution in [1.29, 1.82) is 0 Å². The van der Waals surface area contributed by atoms with E-state index in [4.69, 9.17) is 21.1 Å². The van der Waals surface area contributed by atoms with Gasteiger partial charge in [0.15, 0.2) is 11.5 Å². The Kier molecular flexibility index (Phi) is 6.60. The van der Waals surface area contributed by atoms with Crippen molar-refractivity contribution >= 4 is 29.1 Å². The lowest BCUT2D eigenvalue weighted by atomic mass is 10.0. The monoisotopic (exact) mass is 444 g/mol. The average molecular weight is 445 g/mol. The molecule has 0 saturated carbocycles. The molecule has 8 nitrogen and oxygen atoms in total. The van der Waals surface area contributed by atoms with E-state index in [2.05, 4.69) is 27.5 Å². The molecule has 2 N–H and O–H groups in total. The summed E-state index contributed by atoms with van der Waals surface area (Å²) in [6.45, 7) is 4.11. The van der Waals surface area contributed by atoms with Gasteiger partial charge in [0.25, 0.3) is 0 Å².